The number of para-hydroxylation sites is 2. The first-order valence-electron chi connectivity index (χ1n) is 10.6. The van der Waals surface area contributed by atoms with Gasteiger partial charge in [0.15, 0.2) is 0 Å². The van der Waals surface area contributed by atoms with E-state index in [4.69, 9.17) is 0 Å². The fourth-order valence-corrected chi connectivity index (χ4v) is 4.10. The number of rotatable bonds is 9. The minimum atomic E-state index is -0.723. The summed E-state index contributed by atoms with van der Waals surface area (Å²) < 4.78 is 0. The predicted molar refractivity (Wildman–Crippen MR) is 135 cm³/mol. The lowest BCUT2D eigenvalue weighted by atomic mass is 10.0. The van der Waals surface area contributed by atoms with E-state index in [9.17, 15) is 5.11 Å². The third-order valence-corrected chi connectivity index (χ3v) is 5.86. The molecule has 0 radical (unpaired) electrons. The first kappa shape index (κ1) is 21.9. The largest absolute Gasteiger partial charge is 0.386 e. The summed E-state index contributed by atoms with van der Waals surface area (Å²) in [5.74, 6) is 0. The molecule has 0 aliphatic heterocycles. The number of nitrogens with zero attached hydrogens (tertiary/aromatic N) is 1. The monoisotopic (exact) mass is 438 g/mol. The number of thioether (sulfide) groups is 1. The molecule has 0 amide bonds. The van der Waals surface area contributed by atoms with Crippen LogP contribution in [0.1, 0.15) is 11.7 Å². The number of aliphatic hydroxyl groups is 1. The van der Waals surface area contributed by atoms with Gasteiger partial charge in [-0.3, -0.25) is 5.01 Å². The summed E-state index contributed by atoms with van der Waals surface area (Å²) in [6.45, 7) is 0. The lowest BCUT2D eigenvalue weighted by Gasteiger charge is -2.32. The van der Waals surface area contributed by atoms with Crippen LogP contribution >= 0.6 is 11.8 Å². The number of nitrogens with one attached hydrogen (secondary N) is 1. The Balaban J connectivity index is 1.64. The minimum Gasteiger partial charge on any atom is -0.386 e. The van der Waals surface area contributed by atoms with Crippen LogP contribution in [0.3, 0.4) is 0 Å². The van der Waals surface area contributed by atoms with Crippen LogP contribution in [-0.4, -0.2) is 11.1 Å². The number of benzene rings is 4. The first-order valence-corrected chi connectivity index (χ1v) is 11.5. The number of aliphatic hydroxyl groups excluding tert-OH is 1. The molecule has 0 aliphatic carbocycles. The van der Waals surface area contributed by atoms with E-state index in [1.54, 1.807) is 11.8 Å². The van der Waals surface area contributed by atoms with Gasteiger partial charge in [-0.2, -0.15) is 0 Å². The molecule has 0 aromatic heterocycles. The zero-order valence-electron chi connectivity index (χ0n) is 17.7. The molecule has 160 valence electrons. The molecule has 0 unspecified atom stereocenters. The number of hydrogen-bond donors (Lipinski definition) is 2. The molecule has 4 aromatic carbocycles. The molecule has 3 nitrogen and oxygen atoms in total. The predicted octanol–water partition coefficient (Wildman–Crippen LogP) is 6.74. The van der Waals surface area contributed by atoms with Gasteiger partial charge < -0.3 is 5.11 Å². The summed E-state index contributed by atoms with van der Waals surface area (Å²) in [4.78, 5) is 1.15. The molecule has 0 spiro atoms. The van der Waals surface area contributed by atoms with Gasteiger partial charge in [-0.15, -0.1) is 0 Å². The molecule has 0 aliphatic rings. The van der Waals surface area contributed by atoms with E-state index in [1.807, 2.05) is 126 Å². The van der Waals surface area contributed by atoms with Crippen molar-refractivity contribution in [1.82, 2.24) is 5.43 Å². The van der Waals surface area contributed by atoms with Crippen molar-refractivity contribution in [3.8, 4) is 0 Å². The summed E-state index contributed by atoms with van der Waals surface area (Å²) in [6.07, 6.45) is 1.30. The van der Waals surface area contributed by atoms with Crippen molar-refractivity contribution in [2.45, 2.75) is 17.0 Å². The van der Waals surface area contributed by atoms with Crippen molar-refractivity contribution in [3.63, 3.8) is 0 Å². The molecule has 2 atom stereocenters. The second-order valence-electron chi connectivity index (χ2n) is 7.28. The van der Waals surface area contributed by atoms with Crippen molar-refractivity contribution in [3.05, 3.63) is 138 Å². The highest BCUT2D eigenvalue weighted by molar-refractivity contribution is 8.02. The Bertz CT molecular complexity index is 1050. The van der Waals surface area contributed by atoms with Crippen LogP contribution in [0, 0.1) is 0 Å². The van der Waals surface area contributed by atoms with Gasteiger partial charge in [0.2, 0.25) is 0 Å². The van der Waals surface area contributed by atoms with E-state index in [1.165, 1.54) is 0 Å². The molecular formula is C28H26N2OS. The average molecular weight is 439 g/mol. The molecule has 0 saturated heterocycles. The highest BCUT2D eigenvalue weighted by atomic mass is 32.2. The molecule has 4 heteroatoms. The number of anilines is 2. The van der Waals surface area contributed by atoms with Crippen LogP contribution in [0.2, 0.25) is 0 Å². The van der Waals surface area contributed by atoms with Crippen LogP contribution in [0.5, 0.6) is 0 Å². The quantitative estimate of drug-likeness (QED) is 0.224. The highest BCUT2D eigenvalue weighted by Crippen LogP contribution is 2.27. The highest BCUT2D eigenvalue weighted by Gasteiger charge is 2.22. The summed E-state index contributed by atoms with van der Waals surface area (Å²) >= 11 is 1.63. The Morgan fingerprint density at radius 1 is 0.656 bits per heavy atom. The van der Waals surface area contributed by atoms with Gasteiger partial charge in [-0.1, -0.05) is 103 Å². The minimum absolute atomic E-state index is 0.353. The fourth-order valence-electron chi connectivity index (χ4n) is 3.38. The summed E-state index contributed by atoms with van der Waals surface area (Å²) in [5.41, 5.74) is 6.40. The first-order chi connectivity index (χ1) is 15.8. The maximum Gasteiger partial charge on any atom is 0.0996 e. The van der Waals surface area contributed by atoms with Crippen molar-refractivity contribution < 1.29 is 5.11 Å². The van der Waals surface area contributed by atoms with Crippen LogP contribution in [0.4, 0.5) is 11.4 Å². The molecular weight excluding hydrogens is 412 g/mol. The summed E-state index contributed by atoms with van der Waals surface area (Å²) in [7, 11) is 0. The standard InChI is InChI=1S/C28H26N2OS/c31-28(23-13-5-1-6-14-23)27(21-22-32-26-19-11-4-12-20-26)29-30(24-15-7-2-8-16-24)25-17-9-3-10-18-25/h1-22,27-29,31H/b22-21+/t27-,28+/m1/s1. The van der Waals surface area contributed by atoms with E-state index in [0.717, 1.165) is 21.8 Å². The van der Waals surface area contributed by atoms with E-state index in [0.29, 0.717) is 0 Å². The summed E-state index contributed by atoms with van der Waals surface area (Å²) in [6, 6.07) is 39.9. The Labute approximate surface area is 194 Å². The number of hydrogen-bond acceptors (Lipinski definition) is 4. The molecule has 4 rings (SSSR count). The van der Waals surface area contributed by atoms with Gasteiger partial charge in [0, 0.05) is 4.90 Å². The SMILES string of the molecule is O[C@@H](c1ccccc1)[C@@H](/C=C/Sc1ccccc1)NN(c1ccccc1)c1ccccc1. The van der Waals surface area contributed by atoms with Gasteiger partial charge in [-0.05, 0) is 47.4 Å². The smallest absolute Gasteiger partial charge is 0.0996 e. The zero-order chi connectivity index (χ0) is 22.0. The van der Waals surface area contributed by atoms with Crippen molar-refractivity contribution >= 4 is 23.1 Å². The van der Waals surface area contributed by atoms with Crippen LogP contribution in [0.15, 0.2) is 138 Å². The Morgan fingerprint density at radius 2 is 1.12 bits per heavy atom. The van der Waals surface area contributed by atoms with Crippen LogP contribution < -0.4 is 10.4 Å². The van der Waals surface area contributed by atoms with E-state index in [2.05, 4.69) is 17.6 Å². The number of hydrazine groups is 1. The van der Waals surface area contributed by atoms with E-state index in [-0.39, 0.29) is 6.04 Å². The molecule has 0 saturated carbocycles. The van der Waals surface area contributed by atoms with Gasteiger partial charge in [0.05, 0.1) is 23.5 Å². The normalized spacial score (nSPS) is 13.0. The lowest BCUT2D eigenvalue weighted by Crippen LogP contribution is -2.44. The van der Waals surface area contributed by atoms with E-state index >= 15 is 0 Å². The second-order valence-corrected chi connectivity index (χ2v) is 8.26. The molecule has 2 N–H and O–H groups in total. The average Bonchev–Trinajstić information content (AvgIpc) is 2.88. The summed E-state index contributed by atoms with van der Waals surface area (Å²) in [5, 5.41) is 15.3. The lowest BCUT2D eigenvalue weighted by molar-refractivity contribution is 0.148. The maximum atomic E-state index is 11.3. The molecule has 0 bridgehead atoms. The van der Waals surface area contributed by atoms with Gasteiger partial charge in [0.25, 0.3) is 0 Å². The second kappa shape index (κ2) is 11.3. The third kappa shape index (κ3) is 5.89. The van der Waals surface area contributed by atoms with Crippen molar-refractivity contribution in [1.29, 1.82) is 0 Å². The zero-order valence-corrected chi connectivity index (χ0v) is 18.5. The molecule has 4 aromatic rings. The topological polar surface area (TPSA) is 35.5 Å². The maximum absolute atomic E-state index is 11.3. The Hall–Kier alpha value is -3.31. The Morgan fingerprint density at radius 3 is 1.66 bits per heavy atom. The van der Waals surface area contributed by atoms with Crippen molar-refractivity contribution in [2.24, 2.45) is 0 Å². The fraction of sp³-hybridized carbons (Fsp3) is 0.0714. The molecule has 32 heavy (non-hydrogen) atoms. The van der Waals surface area contributed by atoms with Crippen LogP contribution in [0.25, 0.3) is 0 Å². The van der Waals surface area contributed by atoms with Gasteiger partial charge in [-0.25, -0.2) is 5.43 Å². The van der Waals surface area contributed by atoms with Gasteiger partial charge in [0.1, 0.15) is 0 Å². The van der Waals surface area contributed by atoms with Gasteiger partial charge >= 0.3 is 0 Å². The van der Waals surface area contributed by atoms with Crippen LogP contribution in [-0.2, 0) is 0 Å². The third-order valence-electron chi connectivity index (χ3n) is 5.02. The van der Waals surface area contributed by atoms with E-state index < -0.39 is 6.10 Å². The molecule has 0 fully saturated rings. The Kier molecular flexibility index (Phi) is 7.77. The molecule has 0 heterocycles. The van der Waals surface area contributed by atoms with Crippen molar-refractivity contribution in [2.75, 3.05) is 5.01 Å².